The monoisotopic (exact) mass is 170 g/mol. The quantitative estimate of drug-likeness (QED) is 0.603. The molecule has 12 heavy (non-hydrogen) atoms. The summed E-state index contributed by atoms with van der Waals surface area (Å²) in [5.41, 5.74) is -0.248. The van der Waals surface area contributed by atoms with E-state index in [4.69, 9.17) is 4.74 Å². The number of carbonyl (C=O) groups is 1. The van der Waals surface area contributed by atoms with E-state index in [-0.39, 0.29) is 17.3 Å². The minimum atomic E-state index is -0.248. The molecule has 0 aromatic rings. The second kappa shape index (κ2) is 3.56. The van der Waals surface area contributed by atoms with E-state index in [1.54, 1.807) is 0 Å². The minimum absolute atomic E-state index is 0.126. The van der Waals surface area contributed by atoms with Gasteiger partial charge in [0, 0.05) is 12.0 Å². The van der Waals surface area contributed by atoms with Crippen molar-refractivity contribution < 1.29 is 9.53 Å². The zero-order valence-electron chi connectivity index (χ0n) is 8.22. The van der Waals surface area contributed by atoms with Crippen LogP contribution in [0.1, 0.15) is 40.0 Å². The largest absolute Gasteiger partial charge is 0.370 e. The van der Waals surface area contributed by atoms with E-state index in [9.17, 15) is 4.79 Å². The smallest absolute Gasteiger partial charge is 0.166 e. The number of rotatable bonds is 1. The lowest BCUT2D eigenvalue weighted by molar-refractivity contribution is -0.141. The van der Waals surface area contributed by atoms with Gasteiger partial charge in [0.15, 0.2) is 5.78 Å². The first-order chi connectivity index (χ1) is 5.52. The predicted molar refractivity (Wildman–Crippen MR) is 48.1 cm³/mol. The molecule has 1 aliphatic heterocycles. The molecule has 0 aromatic carbocycles. The van der Waals surface area contributed by atoms with Gasteiger partial charge in [0.1, 0.15) is 6.10 Å². The molecule has 2 nitrogen and oxygen atoms in total. The molecule has 1 heterocycles. The van der Waals surface area contributed by atoms with Gasteiger partial charge in [-0.15, -0.1) is 0 Å². The van der Waals surface area contributed by atoms with E-state index in [2.05, 4.69) is 0 Å². The molecule has 1 saturated heterocycles. The molecule has 0 spiro atoms. The van der Waals surface area contributed by atoms with E-state index in [1.165, 1.54) is 0 Å². The van der Waals surface area contributed by atoms with Gasteiger partial charge in [-0.05, 0) is 19.3 Å². The van der Waals surface area contributed by atoms with Crippen LogP contribution in [0.25, 0.3) is 0 Å². The average Bonchev–Trinajstić information content (AvgIpc) is 2.03. The third-order valence-electron chi connectivity index (χ3n) is 2.21. The Kier molecular flexibility index (Phi) is 2.89. The van der Waals surface area contributed by atoms with Gasteiger partial charge in [-0.2, -0.15) is 0 Å². The normalized spacial score (nSPS) is 25.4. The molecule has 2 heteroatoms. The lowest BCUT2D eigenvalue weighted by atomic mass is 9.85. The van der Waals surface area contributed by atoms with Crippen molar-refractivity contribution in [1.82, 2.24) is 0 Å². The molecule has 0 radical (unpaired) electrons. The standard InChI is InChI=1S/C10H18O2/c1-10(2,3)9(11)8-6-4-5-7-12-8/h8H,4-7H2,1-3H3/t8-/m0/s1. The van der Waals surface area contributed by atoms with E-state index in [1.807, 2.05) is 20.8 Å². The number of Topliss-reactive ketones (excluding diaryl/α,β-unsaturated/α-hetero) is 1. The van der Waals surface area contributed by atoms with Crippen LogP contribution in [0.2, 0.25) is 0 Å². The summed E-state index contributed by atoms with van der Waals surface area (Å²) in [5, 5.41) is 0. The molecular weight excluding hydrogens is 152 g/mol. The van der Waals surface area contributed by atoms with Crippen molar-refractivity contribution in [1.29, 1.82) is 0 Å². The molecule has 0 aromatic heterocycles. The number of hydrogen-bond donors (Lipinski definition) is 0. The van der Waals surface area contributed by atoms with Crippen molar-refractivity contribution >= 4 is 5.78 Å². The van der Waals surface area contributed by atoms with Gasteiger partial charge in [-0.25, -0.2) is 0 Å². The van der Waals surface area contributed by atoms with Crippen molar-refractivity contribution in [2.24, 2.45) is 5.41 Å². The van der Waals surface area contributed by atoms with E-state index < -0.39 is 0 Å². The van der Waals surface area contributed by atoms with Crippen molar-refractivity contribution in [2.45, 2.75) is 46.1 Å². The highest BCUT2D eigenvalue weighted by Crippen LogP contribution is 2.23. The van der Waals surface area contributed by atoms with E-state index >= 15 is 0 Å². The molecule has 1 rings (SSSR count). The van der Waals surface area contributed by atoms with Gasteiger partial charge in [0.25, 0.3) is 0 Å². The Balaban J connectivity index is 2.51. The Hall–Kier alpha value is -0.370. The van der Waals surface area contributed by atoms with Gasteiger partial charge in [-0.1, -0.05) is 20.8 Å². The maximum absolute atomic E-state index is 11.7. The van der Waals surface area contributed by atoms with Crippen LogP contribution >= 0.6 is 0 Å². The zero-order chi connectivity index (χ0) is 9.19. The summed E-state index contributed by atoms with van der Waals surface area (Å²) in [6.07, 6.45) is 3.02. The second-order valence-electron chi connectivity index (χ2n) is 4.47. The van der Waals surface area contributed by atoms with Crippen molar-refractivity contribution in [2.75, 3.05) is 6.61 Å². The molecule has 1 aliphatic rings. The lowest BCUT2D eigenvalue weighted by Crippen LogP contribution is -2.36. The fraction of sp³-hybridized carbons (Fsp3) is 0.900. The molecule has 70 valence electrons. The maximum atomic E-state index is 11.7. The molecule has 0 N–H and O–H groups in total. The Morgan fingerprint density at radius 3 is 2.42 bits per heavy atom. The maximum Gasteiger partial charge on any atom is 0.166 e. The molecule has 0 saturated carbocycles. The van der Waals surface area contributed by atoms with Crippen LogP contribution in [0.5, 0.6) is 0 Å². The van der Waals surface area contributed by atoms with Crippen molar-refractivity contribution in [3.8, 4) is 0 Å². The summed E-state index contributed by atoms with van der Waals surface area (Å²) in [6.45, 7) is 6.61. The zero-order valence-corrected chi connectivity index (χ0v) is 8.22. The van der Waals surface area contributed by atoms with Gasteiger partial charge >= 0.3 is 0 Å². The summed E-state index contributed by atoms with van der Waals surface area (Å²) in [7, 11) is 0. The Morgan fingerprint density at radius 2 is 2.00 bits per heavy atom. The second-order valence-corrected chi connectivity index (χ2v) is 4.47. The summed E-state index contributed by atoms with van der Waals surface area (Å²) < 4.78 is 5.42. The highest BCUT2D eigenvalue weighted by atomic mass is 16.5. The highest BCUT2D eigenvalue weighted by Gasteiger charge is 2.31. The SMILES string of the molecule is CC(C)(C)C(=O)[C@@H]1CCCCO1. The highest BCUT2D eigenvalue weighted by molar-refractivity contribution is 5.87. The topological polar surface area (TPSA) is 26.3 Å². The summed E-state index contributed by atoms with van der Waals surface area (Å²) in [4.78, 5) is 11.7. The van der Waals surface area contributed by atoms with Gasteiger partial charge < -0.3 is 4.74 Å². The van der Waals surface area contributed by atoms with Crippen molar-refractivity contribution in [3.05, 3.63) is 0 Å². The molecule has 1 fully saturated rings. The number of hydrogen-bond acceptors (Lipinski definition) is 2. The first kappa shape index (κ1) is 9.72. The van der Waals surface area contributed by atoms with Gasteiger partial charge in [0.05, 0.1) is 0 Å². The molecule has 1 atom stereocenters. The van der Waals surface area contributed by atoms with Crippen LogP contribution in [0, 0.1) is 5.41 Å². The fourth-order valence-electron chi connectivity index (χ4n) is 1.43. The van der Waals surface area contributed by atoms with Crippen LogP contribution in [0.15, 0.2) is 0 Å². The summed E-state index contributed by atoms with van der Waals surface area (Å²) in [5.74, 6) is 0.252. The average molecular weight is 170 g/mol. The summed E-state index contributed by atoms with van der Waals surface area (Å²) in [6, 6.07) is 0. The first-order valence-corrected chi connectivity index (χ1v) is 4.68. The Morgan fingerprint density at radius 1 is 1.33 bits per heavy atom. The first-order valence-electron chi connectivity index (χ1n) is 4.68. The lowest BCUT2D eigenvalue weighted by Gasteiger charge is -2.27. The fourth-order valence-corrected chi connectivity index (χ4v) is 1.43. The van der Waals surface area contributed by atoms with Crippen LogP contribution in [-0.2, 0) is 9.53 Å². The number of ketones is 1. The predicted octanol–water partition coefficient (Wildman–Crippen LogP) is 2.17. The Labute approximate surface area is 74.3 Å². The third kappa shape index (κ3) is 2.31. The van der Waals surface area contributed by atoms with E-state index in [0.717, 1.165) is 25.9 Å². The number of carbonyl (C=O) groups excluding carboxylic acids is 1. The van der Waals surface area contributed by atoms with Crippen molar-refractivity contribution in [3.63, 3.8) is 0 Å². The van der Waals surface area contributed by atoms with Gasteiger partial charge in [-0.3, -0.25) is 4.79 Å². The molecule has 0 bridgehead atoms. The molecule has 0 amide bonds. The number of ether oxygens (including phenoxy) is 1. The Bertz CT molecular complexity index is 161. The van der Waals surface area contributed by atoms with Crippen LogP contribution in [-0.4, -0.2) is 18.5 Å². The van der Waals surface area contributed by atoms with Crippen LogP contribution in [0.3, 0.4) is 0 Å². The summed E-state index contributed by atoms with van der Waals surface area (Å²) >= 11 is 0. The van der Waals surface area contributed by atoms with E-state index in [0.29, 0.717) is 0 Å². The van der Waals surface area contributed by atoms with Crippen LogP contribution < -0.4 is 0 Å². The molecule has 0 unspecified atom stereocenters. The molecule has 0 aliphatic carbocycles. The molecular formula is C10H18O2. The third-order valence-corrected chi connectivity index (χ3v) is 2.21. The van der Waals surface area contributed by atoms with Gasteiger partial charge in [0.2, 0.25) is 0 Å². The minimum Gasteiger partial charge on any atom is -0.370 e. The van der Waals surface area contributed by atoms with Crippen LogP contribution in [0.4, 0.5) is 0 Å².